The van der Waals surface area contributed by atoms with Crippen LogP contribution in [0.4, 0.5) is 4.79 Å². The number of phenolic OH excluding ortho intramolecular Hbond substituents is 2. The third kappa shape index (κ3) is 4.38. The summed E-state index contributed by atoms with van der Waals surface area (Å²) in [5.41, 5.74) is 0.458. The van der Waals surface area contributed by atoms with Crippen LogP contribution in [0.1, 0.15) is 12.5 Å². The molecule has 0 aromatic heterocycles. The van der Waals surface area contributed by atoms with Crippen molar-refractivity contribution in [1.82, 2.24) is 5.32 Å². The highest BCUT2D eigenvalue weighted by Crippen LogP contribution is 2.25. The van der Waals surface area contributed by atoms with Crippen molar-refractivity contribution >= 4 is 12.1 Å². The molecule has 0 aliphatic rings. The second-order valence-corrected chi connectivity index (χ2v) is 3.78. The molecule has 0 radical (unpaired) electrons. The molecule has 0 aliphatic heterocycles. The minimum absolute atomic E-state index is 0.0397. The SMILES string of the molecule is CCOC(=O)N[C@@H](Cc1ccc(O)c(O)c1)C(=O)O. The molecule has 0 spiro atoms. The molecule has 19 heavy (non-hydrogen) atoms. The van der Waals surface area contributed by atoms with E-state index in [1.54, 1.807) is 6.92 Å². The van der Waals surface area contributed by atoms with Gasteiger partial charge < -0.3 is 25.4 Å². The van der Waals surface area contributed by atoms with E-state index in [1.165, 1.54) is 18.2 Å². The summed E-state index contributed by atoms with van der Waals surface area (Å²) in [4.78, 5) is 22.2. The van der Waals surface area contributed by atoms with Gasteiger partial charge in [-0.1, -0.05) is 6.07 Å². The van der Waals surface area contributed by atoms with Crippen molar-refractivity contribution in [1.29, 1.82) is 0 Å². The minimum Gasteiger partial charge on any atom is -0.504 e. The average molecular weight is 269 g/mol. The molecular weight excluding hydrogens is 254 g/mol. The monoisotopic (exact) mass is 269 g/mol. The van der Waals surface area contributed by atoms with E-state index in [4.69, 9.17) is 10.2 Å². The molecule has 0 saturated carbocycles. The number of ether oxygens (including phenoxy) is 1. The Morgan fingerprint density at radius 1 is 1.32 bits per heavy atom. The third-order valence-electron chi connectivity index (χ3n) is 2.35. The predicted octanol–water partition coefficient (Wildman–Crippen LogP) is 0.840. The van der Waals surface area contributed by atoms with Crippen molar-refractivity contribution in [2.45, 2.75) is 19.4 Å². The van der Waals surface area contributed by atoms with Crippen molar-refractivity contribution < 1.29 is 29.6 Å². The van der Waals surface area contributed by atoms with Gasteiger partial charge in [0.2, 0.25) is 0 Å². The van der Waals surface area contributed by atoms with E-state index in [1.807, 2.05) is 0 Å². The molecule has 1 amide bonds. The fourth-order valence-electron chi connectivity index (χ4n) is 1.45. The molecule has 1 aromatic rings. The highest BCUT2D eigenvalue weighted by Gasteiger charge is 2.21. The summed E-state index contributed by atoms with van der Waals surface area (Å²) >= 11 is 0. The number of hydrogen-bond acceptors (Lipinski definition) is 5. The van der Waals surface area contributed by atoms with Crippen LogP contribution in [0.3, 0.4) is 0 Å². The number of alkyl carbamates (subject to hydrolysis) is 1. The van der Waals surface area contributed by atoms with Crippen LogP contribution in [0.2, 0.25) is 0 Å². The third-order valence-corrected chi connectivity index (χ3v) is 2.35. The van der Waals surface area contributed by atoms with E-state index in [9.17, 15) is 14.7 Å². The molecular formula is C12H15NO6. The lowest BCUT2D eigenvalue weighted by Gasteiger charge is -2.14. The van der Waals surface area contributed by atoms with Crippen LogP contribution < -0.4 is 5.32 Å². The smallest absolute Gasteiger partial charge is 0.407 e. The van der Waals surface area contributed by atoms with Crippen LogP contribution in [0.25, 0.3) is 0 Å². The van der Waals surface area contributed by atoms with E-state index in [0.29, 0.717) is 5.56 Å². The summed E-state index contributed by atoms with van der Waals surface area (Å²) in [6.07, 6.45) is -0.861. The lowest BCUT2D eigenvalue weighted by molar-refractivity contribution is -0.139. The molecule has 7 nitrogen and oxygen atoms in total. The maximum atomic E-state index is 11.2. The number of carbonyl (C=O) groups is 2. The Bertz CT molecular complexity index is 473. The van der Waals surface area contributed by atoms with E-state index in [2.05, 4.69) is 10.1 Å². The minimum atomic E-state index is -1.22. The summed E-state index contributed by atoms with van der Waals surface area (Å²) in [5.74, 6) is -1.87. The van der Waals surface area contributed by atoms with Gasteiger partial charge in [-0.25, -0.2) is 9.59 Å². The van der Waals surface area contributed by atoms with Gasteiger partial charge in [-0.05, 0) is 24.6 Å². The number of carboxylic acids is 1. The van der Waals surface area contributed by atoms with Gasteiger partial charge in [0, 0.05) is 6.42 Å². The summed E-state index contributed by atoms with van der Waals surface area (Å²) in [6.45, 7) is 1.74. The first-order chi connectivity index (χ1) is 8.93. The van der Waals surface area contributed by atoms with Gasteiger partial charge in [0.15, 0.2) is 11.5 Å². The standard InChI is InChI=1S/C12H15NO6/c1-2-19-12(18)13-8(11(16)17)5-7-3-4-9(14)10(15)6-7/h3-4,6,8,14-15H,2,5H2,1H3,(H,13,18)(H,16,17)/t8-/m0/s1. The first-order valence-corrected chi connectivity index (χ1v) is 5.61. The zero-order valence-electron chi connectivity index (χ0n) is 10.3. The zero-order valence-corrected chi connectivity index (χ0v) is 10.3. The molecule has 1 rings (SSSR count). The molecule has 0 saturated heterocycles. The fraction of sp³-hybridized carbons (Fsp3) is 0.333. The van der Waals surface area contributed by atoms with Crippen LogP contribution in [0.5, 0.6) is 11.5 Å². The number of aliphatic carboxylic acids is 1. The number of rotatable bonds is 5. The van der Waals surface area contributed by atoms with Crippen molar-refractivity contribution in [2.75, 3.05) is 6.61 Å². The first kappa shape index (κ1) is 14.6. The van der Waals surface area contributed by atoms with Crippen LogP contribution >= 0.6 is 0 Å². The molecule has 7 heteroatoms. The summed E-state index contributed by atoms with van der Waals surface area (Å²) in [7, 11) is 0. The summed E-state index contributed by atoms with van der Waals surface area (Å²) in [6, 6.07) is 2.76. The molecule has 1 aromatic carbocycles. The number of aromatic hydroxyl groups is 2. The Kier molecular flexibility index (Phi) is 4.99. The number of nitrogens with one attached hydrogen (secondary N) is 1. The molecule has 4 N–H and O–H groups in total. The maximum Gasteiger partial charge on any atom is 0.407 e. The first-order valence-electron chi connectivity index (χ1n) is 5.61. The Hall–Kier alpha value is -2.44. The highest BCUT2D eigenvalue weighted by atomic mass is 16.5. The summed E-state index contributed by atoms with van der Waals surface area (Å²) in [5, 5.41) is 29.6. The van der Waals surface area contributed by atoms with Gasteiger partial charge in [-0.15, -0.1) is 0 Å². The van der Waals surface area contributed by atoms with Crippen LogP contribution in [0, 0.1) is 0 Å². The number of amides is 1. The topological polar surface area (TPSA) is 116 Å². The Labute approximate surface area is 109 Å². The Morgan fingerprint density at radius 3 is 2.53 bits per heavy atom. The van der Waals surface area contributed by atoms with Crippen molar-refractivity contribution in [3.63, 3.8) is 0 Å². The summed E-state index contributed by atoms with van der Waals surface area (Å²) < 4.78 is 4.60. The Morgan fingerprint density at radius 2 is 2.00 bits per heavy atom. The van der Waals surface area contributed by atoms with E-state index in [0.717, 1.165) is 0 Å². The molecule has 0 aliphatic carbocycles. The molecule has 104 valence electrons. The number of benzene rings is 1. The molecule has 0 fully saturated rings. The van der Waals surface area contributed by atoms with Gasteiger partial charge in [0.05, 0.1) is 6.61 Å². The van der Waals surface area contributed by atoms with Gasteiger partial charge in [-0.2, -0.15) is 0 Å². The second-order valence-electron chi connectivity index (χ2n) is 3.78. The number of carbonyl (C=O) groups excluding carboxylic acids is 1. The maximum absolute atomic E-state index is 11.2. The van der Waals surface area contributed by atoms with Crippen LogP contribution in [-0.4, -0.2) is 40.0 Å². The normalized spacial score (nSPS) is 11.6. The van der Waals surface area contributed by atoms with E-state index < -0.39 is 18.1 Å². The van der Waals surface area contributed by atoms with Gasteiger partial charge >= 0.3 is 12.1 Å². The second kappa shape index (κ2) is 6.48. The zero-order chi connectivity index (χ0) is 14.4. The van der Waals surface area contributed by atoms with Crippen LogP contribution in [-0.2, 0) is 16.0 Å². The molecule has 1 atom stereocenters. The predicted molar refractivity (Wildman–Crippen MR) is 65.1 cm³/mol. The molecule has 0 heterocycles. The largest absolute Gasteiger partial charge is 0.504 e. The average Bonchev–Trinajstić information content (AvgIpc) is 2.33. The van der Waals surface area contributed by atoms with Gasteiger partial charge in [-0.3, -0.25) is 0 Å². The van der Waals surface area contributed by atoms with Gasteiger partial charge in [0.1, 0.15) is 6.04 Å². The lowest BCUT2D eigenvalue weighted by Crippen LogP contribution is -2.42. The number of phenols is 2. The van der Waals surface area contributed by atoms with Crippen molar-refractivity contribution in [3.05, 3.63) is 23.8 Å². The van der Waals surface area contributed by atoms with Gasteiger partial charge in [0.25, 0.3) is 0 Å². The molecule has 0 unspecified atom stereocenters. The molecule has 0 bridgehead atoms. The number of hydrogen-bond donors (Lipinski definition) is 4. The Balaban J connectivity index is 2.75. The highest BCUT2D eigenvalue weighted by molar-refractivity contribution is 5.80. The fourth-order valence-corrected chi connectivity index (χ4v) is 1.45. The van der Waals surface area contributed by atoms with Crippen molar-refractivity contribution in [3.8, 4) is 11.5 Å². The van der Waals surface area contributed by atoms with E-state index in [-0.39, 0.29) is 24.5 Å². The van der Waals surface area contributed by atoms with Crippen molar-refractivity contribution in [2.24, 2.45) is 0 Å². The number of carboxylic acid groups (broad SMARTS) is 1. The quantitative estimate of drug-likeness (QED) is 0.589. The van der Waals surface area contributed by atoms with Crippen LogP contribution in [0.15, 0.2) is 18.2 Å². The lowest BCUT2D eigenvalue weighted by atomic mass is 10.1. The van der Waals surface area contributed by atoms with E-state index >= 15 is 0 Å².